The van der Waals surface area contributed by atoms with E-state index in [9.17, 15) is 14.4 Å². The second-order valence-electron chi connectivity index (χ2n) is 8.64. The number of hydrazone groups is 1. The number of anilines is 2. The van der Waals surface area contributed by atoms with Crippen LogP contribution in [0.2, 0.25) is 0 Å². The van der Waals surface area contributed by atoms with E-state index in [-0.39, 0.29) is 12.5 Å². The quantitative estimate of drug-likeness (QED) is 0.118. The lowest BCUT2D eigenvalue weighted by Gasteiger charge is -2.14. The molecule has 3 amide bonds. The summed E-state index contributed by atoms with van der Waals surface area (Å²) in [6.07, 6.45) is 2.25. The Labute approximate surface area is 246 Å². The standard InChI is InChI=1S/C29H31IN4O6/c1-5-13-39-22-11-9-21(10-12-22)32-28(36)29(37)34-31-16-20-14-23(30)27(25(15-20)38-4)40-17-26(35)33-24-8-6-7-18(2)19(24)3/h6-12,14-16H,5,13,17H2,1-4H3,(H,32,36)(H,33,35)(H,34,37)/b31-16-. The van der Waals surface area contributed by atoms with E-state index in [1.807, 2.05) is 39.0 Å². The molecule has 3 aromatic rings. The normalized spacial score (nSPS) is 10.6. The number of nitrogens with zero attached hydrogens (tertiary/aromatic N) is 1. The Hall–Kier alpha value is -4.13. The minimum absolute atomic E-state index is 0.215. The minimum atomic E-state index is -0.931. The van der Waals surface area contributed by atoms with Crippen molar-refractivity contribution in [1.82, 2.24) is 5.43 Å². The first-order valence-electron chi connectivity index (χ1n) is 12.5. The number of ether oxygens (including phenoxy) is 3. The molecule has 0 atom stereocenters. The zero-order valence-electron chi connectivity index (χ0n) is 22.7. The van der Waals surface area contributed by atoms with Crippen LogP contribution >= 0.6 is 22.6 Å². The highest BCUT2D eigenvalue weighted by molar-refractivity contribution is 14.1. The highest BCUT2D eigenvalue weighted by Gasteiger charge is 2.15. The van der Waals surface area contributed by atoms with Crippen LogP contribution in [0.3, 0.4) is 0 Å². The van der Waals surface area contributed by atoms with Crippen LogP contribution in [-0.4, -0.2) is 44.3 Å². The molecular formula is C29H31IN4O6. The maximum atomic E-state index is 12.5. The first-order valence-corrected chi connectivity index (χ1v) is 13.5. The molecule has 3 aromatic carbocycles. The number of amides is 3. The summed E-state index contributed by atoms with van der Waals surface area (Å²) in [5.41, 5.74) is 6.02. The third-order valence-electron chi connectivity index (χ3n) is 5.65. The Kier molecular flexibility index (Phi) is 11.3. The Morgan fingerprint density at radius 3 is 2.42 bits per heavy atom. The number of carbonyl (C=O) groups is 3. The number of hydrogen-bond donors (Lipinski definition) is 3. The fraction of sp³-hybridized carbons (Fsp3) is 0.241. The second kappa shape index (κ2) is 14.9. The van der Waals surface area contributed by atoms with Gasteiger partial charge in [0.1, 0.15) is 5.75 Å². The number of rotatable bonds is 11. The van der Waals surface area contributed by atoms with Crippen molar-refractivity contribution in [3.05, 3.63) is 74.9 Å². The maximum absolute atomic E-state index is 12.5. The lowest BCUT2D eigenvalue weighted by Crippen LogP contribution is -2.32. The molecule has 0 unspecified atom stereocenters. The molecule has 0 heterocycles. The number of nitrogens with one attached hydrogen (secondary N) is 3. The summed E-state index contributed by atoms with van der Waals surface area (Å²) in [6.45, 7) is 6.30. The summed E-state index contributed by atoms with van der Waals surface area (Å²) in [5, 5.41) is 9.22. The molecule has 3 N–H and O–H groups in total. The molecule has 210 valence electrons. The molecular weight excluding hydrogens is 627 g/mol. The SMILES string of the molecule is CCCOc1ccc(NC(=O)C(=O)N/N=C\c2cc(I)c(OCC(=O)Nc3cccc(C)c3C)c(OC)c2)cc1. The first kappa shape index (κ1) is 30.4. The van der Waals surface area contributed by atoms with Gasteiger partial charge in [0.25, 0.3) is 5.91 Å². The Morgan fingerprint density at radius 2 is 1.73 bits per heavy atom. The van der Waals surface area contributed by atoms with E-state index in [4.69, 9.17) is 14.2 Å². The average molecular weight is 658 g/mol. The fourth-order valence-corrected chi connectivity index (χ4v) is 4.20. The number of carbonyl (C=O) groups excluding carboxylic acids is 3. The third-order valence-corrected chi connectivity index (χ3v) is 6.45. The van der Waals surface area contributed by atoms with Gasteiger partial charge in [0.2, 0.25) is 0 Å². The molecule has 11 heteroatoms. The van der Waals surface area contributed by atoms with Crippen molar-refractivity contribution in [1.29, 1.82) is 0 Å². The second-order valence-corrected chi connectivity index (χ2v) is 9.81. The van der Waals surface area contributed by atoms with Crippen LogP contribution in [0, 0.1) is 17.4 Å². The lowest BCUT2D eigenvalue weighted by molar-refractivity contribution is -0.136. The van der Waals surface area contributed by atoms with Crippen molar-refractivity contribution in [3.8, 4) is 17.2 Å². The van der Waals surface area contributed by atoms with Crippen LogP contribution < -0.4 is 30.3 Å². The van der Waals surface area contributed by atoms with Gasteiger partial charge in [-0.2, -0.15) is 5.10 Å². The monoisotopic (exact) mass is 658 g/mol. The van der Waals surface area contributed by atoms with Crippen molar-refractivity contribution in [2.75, 3.05) is 31.0 Å². The van der Waals surface area contributed by atoms with E-state index < -0.39 is 11.8 Å². The lowest BCUT2D eigenvalue weighted by atomic mass is 10.1. The van der Waals surface area contributed by atoms with E-state index in [1.165, 1.54) is 13.3 Å². The van der Waals surface area contributed by atoms with E-state index in [0.717, 1.165) is 23.2 Å². The predicted molar refractivity (Wildman–Crippen MR) is 162 cm³/mol. The van der Waals surface area contributed by atoms with Crippen LogP contribution in [0.4, 0.5) is 11.4 Å². The number of benzene rings is 3. The number of hydrogen-bond acceptors (Lipinski definition) is 7. The topological polar surface area (TPSA) is 127 Å². The smallest absolute Gasteiger partial charge is 0.329 e. The van der Waals surface area contributed by atoms with Crippen LogP contribution in [0.15, 0.2) is 59.7 Å². The fourth-order valence-electron chi connectivity index (χ4n) is 3.42. The third kappa shape index (κ3) is 8.70. The zero-order valence-corrected chi connectivity index (χ0v) is 24.8. The van der Waals surface area contributed by atoms with Crippen molar-refractivity contribution >= 4 is 57.9 Å². The van der Waals surface area contributed by atoms with Gasteiger partial charge >= 0.3 is 11.8 Å². The molecule has 0 saturated carbocycles. The zero-order chi connectivity index (χ0) is 29.1. The van der Waals surface area contributed by atoms with Crippen molar-refractivity contribution in [2.45, 2.75) is 27.2 Å². The van der Waals surface area contributed by atoms with Crippen LogP contribution in [0.5, 0.6) is 17.2 Å². The summed E-state index contributed by atoms with van der Waals surface area (Å²) in [6, 6.07) is 15.8. The largest absolute Gasteiger partial charge is 0.494 e. The van der Waals surface area contributed by atoms with E-state index in [2.05, 4.69) is 43.8 Å². The number of methoxy groups -OCH3 is 1. The summed E-state index contributed by atoms with van der Waals surface area (Å²) >= 11 is 2.05. The predicted octanol–water partition coefficient (Wildman–Crippen LogP) is 4.81. The highest BCUT2D eigenvalue weighted by atomic mass is 127. The molecule has 40 heavy (non-hydrogen) atoms. The van der Waals surface area contributed by atoms with Crippen LogP contribution in [0.1, 0.15) is 30.0 Å². The Balaban J connectivity index is 1.55. The van der Waals surface area contributed by atoms with Crippen LogP contribution in [-0.2, 0) is 14.4 Å². The Bertz CT molecular complexity index is 1390. The minimum Gasteiger partial charge on any atom is -0.494 e. The van der Waals surface area contributed by atoms with Gasteiger partial charge in [-0.15, -0.1) is 0 Å². The van der Waals surface area contributed by atoms with Crippen LogP contribution in [0.25, 0.3) is 0 Å². The highest BCUT2D eigenvalue weighted by Crippen LogP contribution is 2.33. The molecule has 10 nitrogen and oxygen atoms in total. The van der Waals surface area contributed by atoms with Gasteiger partial charge in [0.15, 0.2) is 18.1 Å². The number of halogens is 1. The average Bonchev–Trinajstić information content (AvgIpc) is 2.94. The summed E-state index contributed by atoms with van der Waals surface area (Å²) in [7, 11) is 1.48. The van der Waals surface area contributed by atoms with Crippen molar-refractivity contribution in [3.63, 3.8) is 0 Å². The summed E-state index contributed by atoms with van der Waals surface area (Å²) in [4.78, 5) is 36.8. The molecule has 3 rings (SSSR count). The molecule has 0 radical (unpaired) electrons. The molecule has 0 aliphatic rings. The van der Waals surface area contributed by atoms with E-state index >= 15 is 0 Å². The maximum Gasteiger partial charge on any atom is 0.329 e. The van der Waals surface area contributed by atoms with Gasteiger partial charge in [-0.05, 0) is 102 Å². The molecule has 0 aliphatic carbocycles. The molecule has 0 spiro atoms. The first-order chi connectivity index (χ1) is 19.2. The van der Waals surface area contributed by atoms with Gasteiger partial charge < -0.3 is 24.8 Å². The molecule has 0 bridgehead atoms. The summed E-state index contributed by atoms with van der Waals surface area (Å²) < 4.78 is 17.3. The summed E-state index contributed by atoms with van der Waals surface area (Å²) in [5.74, 6) is -0.655. The van der Waals surface area contributed by atoms with Gasteiger partial charge in [-0.25, -0.2) is 5.43 Å². The van der Waals surface area contributed by atoms with E-state index in [1.54, 1.807) is 36.4 Å². The number of aryl methyl sites for hydroxylation is 1. The molecule has 0 aromatic heterocycles. The van der Waals surface area contributed by atoms with Crippen molar-refractivity contribution in [2.24, 2.45) is 5.10 Å². The molecule has 0 fully saturated rings. The van der Waals surface area contributed by atoms with Crippen molar-refractivity contribution < 1.29 is 28.6 Å². The van der Waals surface area contributed by atoms with Gasteiger partial charge in [0.05, 0.1) is 23.5 Å². The molecule has 0 saturated heterocycles. The Morgan fingerprint density at radius 1 is 0.975 bits per heavy atom. The van der Waals surface area contributed by atoms with E-state index in [0.29, 0.717) is 38.7 Å². The van der Waals surface area contributed by atoms with Gasteiger partial charge in [0, 0.05) is 11.4 Å². The van der Waals surface area contributed by atoms with Gasteiger partial charge in [-0.1, -0.05) is 19.1 Å². The van der Waals surface area contributed by atoms with Gasteiger partial charge in [-0.3, -0.25) is 14.4 Å². The molecule has 0 aliphatic heterocycles.